The number of hydrogen-bond donors (Lipinski definition) is 0. The van der Waals surface area contributed by atoms with Gasteiger partial charge in [0.25, 0.3) is 5.69 Å². The van der Waals surface area contributed by atoms with Crippen LogP contribution in [0.2, 0.25) is 0 Å². The highest BCUT2D eigenvalue weighted by Gasteiger charge is 2.45. The molecule has 4 aromatic carbocycles. The summed E-state index contributed by atoms with van der Waals surface area (Å²) in [6.07, 6.45) is 0.422. The standard InChI is InChI=1S/C25H20NO3P/c27-25-17-16-21(26(28)29)18-20(25)19-30(22-10-4-1-5-11-22,23-12-6-2-7-13-23)24-14-8-3-9-15-24/h1-18H,19H2. The second-order valence-electron chi connectivity index (χ2n) is 7.02. The Morgan fingerprint density at radius 2 is 1.10 bits per heavy atom. The van der Waals surface area contributed by atoms with Gasteiger partial charge in [0.2, 0.25) is 0 Å². The van der Waals surface area contributed by atoms with Crippen molar-refractivity contribution in [1.29, 1.82) is 0 Å². The van der Waals surface area contributed by atoms with Gasteiger partial charge in [0.1, 0.15) is 23.2 Å². The maximum absolute atomic E-state index is 12.8. The van der Waals surface area contributed by atoms with E-state index in [4.69, 9.17) is 0 Å². The normalized spacial score (nSPS) is 11.2. The highest BCUT2D eigenvalue weighted by atomic mass is 31.2. The van der Waals surface area contributed by atoms with Gasteiger partial charge in [-0.3, -0.25) is 10.1 Å². The van der Waals surface area contributed by atoms with Crippen molar-refractivity contribution in [3.05, 3.63) is 125 Å². The van der Waals surface area contributed by atoms with Crippen LogP contribution in [0.15, 0.2) is 109 Å². The van der Waals surface area contributed by atoms with Gasteiger partial charge in [-0.15, -0.1) is 5.75 Å². The molecule has 0 radical (unpaired) electrons. The molecule has 148 valence electrons. The molecule has 0 N–H and O–H groups in total. The molecular weight excluding hydrogens is 393 g/mol. The summed E-state index contributed by atoms with van der Waals surface area (Å²) in [5.41, 5.74) is 0.408. The zero-order chi connectivity index (χ0) is 21.0. The Morgan fingerprint density at radius 3 is 1.50 bits per heavy atom. The first-order valence-electron chi connectivity index (χ1n) is 9.60. The average Bonchev–Trinajstić information content (AvgIpc) is 2.80. The van der Waals surface area contributed by atoms with E-state index in [0.29, 0.717) is 11.7 Å². The van der Waals surface area contributed by atoms with Gasteiger partial charge in [-0.05, 0) is 42.0 Å². The first-order valence-corrected chi connectivity index (χ1v) is 11.6. The molecule has 0 unspecified atom stereocenters. The number of non-ortho nitro benzene ring substituents is 1. The van der Waals surface area contributed by atoms with E-state index in [1.165, 1.54) is 18.2 Å². The van der Waals surface area contributed by atoms with Gasteiger partial charge in [0.05, 0.1) is 11.1 Å². The number of nitro groups is 1. The highest BCUT2D eigenvalue weighted by molar-refractivity contribution is 7.95. The minimum Gasteiger partial charge on any atom is -0.872 e. The zero-order valence-corrected chi connectivity index (χ0v) is 17.1. The molecule has 5 heteroatoms. The quantitative estimate of drug-likeness (QED) is 0.271. The van der Waals surface area contributed by atoms with Crippen LogP contribution in [-0.2, 0) is 6.16 Å². The molecule has 0 spiro atoms. The van der Waals surface area contributed by atoms with Crippen LogP contribution in [0.1, 0.15) is 5.56 Å². The lowest BCUT2D eigenvalue weighted by molar-refractivity contribution is -0.385. The van der Waals surface area contributed by atoms with Crippen molar-refractivity contribution in [2.45, 2.75) is 6.16 Å². The number of nitro benzene ring substituents is 1. The first-order chi connectivity index (χ1) is 14.6. The number of nitrogens with zero attached hydrogens (tertiary/aromatic N) is 1. The molecule has 4 nitrogen and oxygen atoms in total. The van der Waals surface area contributed by atoms with Crippen molar-refractivity contribution in [1.82, 2.24) is 0 Å². The summed E-state index contributed by atoms with van der Waals surface area (Å²) in [6, 6.07) is 34.5. The van der Waals surface area contributed by atoms with E-state index in [9.17, 15) is 15.2 Å². The number of hydrogen-bond acceptors (Lipinski definition) is 3. The van der Waals surface area contributed by atoms with Crippen LogP contribution < -0.4 is 21.0 Å². The predicted octanol–water partition coefficient (Wildman–Crippen LogP) is 4.16. The van der Waals surface area contributed by atoms with Crippen molar-refractivity contribution >= 4 is 28.9 Å². The third-order valence-corrected chi connectivity index (χ3v) is 9.61. The molecule has 0 amide bonds. The SMILES string of the molecule is O=[N+]([O-])c1ccc([O-])c(C[P+](c2ccccc2)(c2ccccc2)c2ccccc2)c1. The maximum atomic E-state index is 12.8. The predicted molar refractivity (Wildman–Crippen MR) is 121 cm³/mol. The molecule has 0 aliphatic heterocycles. The fraction of sp³-hybridized carbons (Fsp3) is 0.0400. The molecule has 4 aromatic rings. The molecule has 0 bridgehead atoms. The van der Waals surface area contributed by atoms with Crippen molar-refractivity contribution in [2.75, 3.05) is 0 Å². The average molecular weight is 413 g/mol. The smallest absolute Gasteiger partial charge is 0.269 e. The van der Waals surface area contributed by atoms with Crippen LogP contribution >= 0.6 is 7.26 Å². The lowest BCUT2D eigenvalue weighted by Gasteiger charge is -2.29. The molecule has 0 saturated carbocycles. The maximum Gasteiger partial charge on any atom is 0.269 e. The fourth-order valence-corrected chi connectivity index (χ4v) is 8.07. The summed E-state index contributed by atoms with van der Waals surface area (Å²) in [7, 11) is -2.27. The van der Waals surface area contributed by atoms with Gasteiger partial charge in [-0.25, -0.2) is 0 Å². The second-order valence-corrected chi connectivity index (χ2v) is 10.5. The van der Waals surface area contributed by atoms with Crippen LogP contribution in [0.25, 0.3) is 0 Å². The van der Waals surface area contributed by atoms with Gasteiger partial charge in [-0.1, -0.05) is 60.7 Å². The van der Waals surface area contributed by atoms with Crippen molar-refractivity contribution in [2.24, 2.45) is 0 Å². The Bertz CT molecular complexity index is 1050. The third kappa shape index (κ3) is 3.70. The Hall–Kier alpha value is -3.49. The lowest BCUT2D eigenvalue weighted by Crippen LogP contribution is -2.32. The first kappa shape index (κ1) is 19.8. The molecule has 30 heavy (non-hydrogen) atoms. The van der Waals surface area contributed by atoms with Crippen molar-refractivity contribution in [3.8, 4) is 5.75 Å². The monoisotopic (exact) mass is 413 g/mol. The molecule has 0 aliphatic carbocycles. The van der Waals surface area contributed by atoms with E-state index in [-0.39, 0.29) is 11.4 Å². The Balaban J connectivity index is 2.01. The number of rotatable bonds is 6. The molecule has 0 atom stereocenters. The Labute approximate surface area is 175 Å². The minimum absolute atomic E-state index is 0.0584. The van der Waals surface area contributed by atoms with Crippen LogP contribution in [0.5, 0.6) is 5.75 Å². The van der Waals surface area contributed by atoms with E-state index >= 15 is 0 Å². The van der Waals surface area contributed by atoms with E-state index in [0.717, 1.165) is 15.9 Å². The largest absolute Gasteiger partial charge is 0.872 e. The lowest BCUT2D eigenvalue weighted by atomic mass is 10.2. The minimum atomic E-state index is -2.27. The molecular formula is C25H20NO3P. The molecule has 0 heterocycles. The summed E-state index contributed by atoms with van der Waals surface area (Å²) < 4.78 is 0. The van der Waals surface area contributed by atoms with Crippen LogP contribution in [0.3, 0.4) is 0 Å². The van der Waals surface area contributed by atoms with Gasteiger partial charge >= 0.3 is 0 Å². The summed E-state index contributed by atoms with van der Waals surface area (Å²) in [5.74, 6) is -0.173. The molecule has 0 aromatic heterocycles. The summed E-state index contributed by atoms with van der Waals surface area (Å²) in [4.78, 5) is 10.9. The summed E-state index contributed by atoms with van der Waals surface area (Å²) >= 11 is 0. The van der Waals surface area contributed by atoms with E-state index in [1.807, 2.05) is 54.6 Å². The topological polar surface area (TPSA) is 66.2 Å². The third-order valence-electron chi connectivity index (χ3n) is 5.25. The van der Waals surface area contributed by atoms with E-state index < -0.39 is 12.2 Å². The van der Waals surface area contributed by atoms with E-state index in [2.05, 4.69) is 36.4 Å². The second kappa shape index (κ2) is 8.48. The van der Waals surface area contributed by atoms with Crippen molar-refractivity contribution in [3.63, 3.8) is 0 Å². The zero-order valence-electron chi connectivity index (χ0n) is 16.2. The molecule has 0 saturated heterocycles. The van der Waals surface area contributed by atoms with Crippen LogP contribution in [0, 0.1) is 10.1 Å². The molecule has 0 fully saturated rings. The van der Waals surface area contributed by atoms with Crippen molar-refractivity contribution < 1.29 is 10.0 Å². The van der Waals surface area contributed by atoms with Gasteiger partial charge < -0.3 is 5.11 Å². The van der Waals surface area contributed by atoms with Gasteiger partial charge in [0.15, 0.2) is 0 Å². The van der Waals surface area contributed by atoms with E-state index in [1.54, 1.807) is 0 Å². The molecule has 4 rings (SSSR count). The summed E-state index contributed by atoms with van der Waals surface area (Å²) in [6.45, 7) is 0. The number of benzene rings is 4. The van der Waals surface area contributed by atoms with Crippen LogP contribution in [-0.4, -0.2) is 4.92 Å². The van der Waals surface area contributed by atoms with Gasteiger partial charge in [0, 0.05) is 12.1 Å². The molecule has 0 aliphatic rings. The Morgan fingerprint density at radius 1 is 0.667 bits per heavy atom. The Kier molecular flexibility index (Phi) is 5.60. The van der Waals surface area contributed by atoms with Gasteiger partial charge in [-0.2, -0.15) is 0 Å². The van der Waals surface area contributed by atoms with Crippen LogP contribution in [0.4, 0.5) is 5.69 Å². The highest BCUT2D eigenvalue weighted by Crippen LogP contribution is 2.58. The fourth-order valence-electron chi connectivity index (χ4n) is 3.83. The summed E-state index contributed by atoms with van der Waals surface area (Å²) in [5, 5.41) is 27.5.